The summed E-state index contributed by atoms with van der Waals surface area (Å²) in [5, 5.41) is 0.668. The summed E-state index contributed by atoms with van der Waals surface area (Å²) in [7, 11) is 1.60. The van der Waals surface area contributed by atoms with Crippen LogP contribution >= 0.6 is 27.5 Å². The average Bonchev–Trinajstić information content (AvgIpc) is 2.38. The number of halogens is 2. The maximum Gasteiger partial charge on any atom is 0.137 e. The zero-order valence-corrected chi connectivity index (χ0v) is 12.1. The number of rotatable bonds is 3. The van der Waals surface area contributed by atoms with Crippen LogP contribution in [0, 0.1) is 0 Å². The Morgan fingerprint density at radius 3 is 2.78 bits per heavy atom. The lowest BCUT2D eigenvalue weighted by atomic mass is 10.0. The molecule has 1 aromatic heterocycles. The van der Waals surface area contributed by atoms with Crippen molar-refractivity contribution in [3.8, 4) is 5.75 Å². The van der Waals surface area contributed by atoms with Gasteiger partial charge in [0.1, 0.15) is 5.75 Å². The summed E-state index contributed by atoms with van der Waals surface area (Å²) in [5.41, 5.74) is 8.06. The summed E-state index contributed by atoms with van der Waals surface area (Å²) >= 11 is 9.38. The highest BCUT2D eigenvalue weighted by atomic mass is 79.9. The first-order valence-electron chi connectivity index (χ1n) is 5.31. The second-order valence-corrected chi connectivity index (χ2v) is 5.09. The number of nitrogens with two attached hydrogens (primary N) is 1. The van der Waals surface area contributed by atoms with Crippen molar-refractivity contribution in [1.29, 1.82) is 0 Å². The molecule has 0 amide bonds. The van der Waals surface area contributed by atoms with E-state index in [1.165, 1.54) is 0 Å². The van der Waals surface area contributed by atoms with Crippen molar-refractivity contribution in [2.24, 2.45) is 5.73 Å². The number of ether oxygens (including phenoxy) is 1. The van der Waals surface area contributed by atoms with E-state index in [0.29, 0.717) is 10.8 Å². The molecule has 1 heterocycles. The second-order valence-electron chi connectivity index (χ2n) is 3.80. The van der Waals surface area contributed by atoms with Gasteiger partial charge in [0, 0.05) is 15.7 Å². The molecule has 5 heteroatoms. The number of benzene rings is 1. The van der Waals surface area contributed by atoms with Gasteiger partial charge in [0.05, 0.1) is 19.3 Å². The fourth-order valence-electron chi connectivity index (χ4n) is 1.65. The number of hydrogen-bond donors (Lipinski definition) is 1. The molecule has 1 aromatic carbocycles. The van der Waals surface area contributed by atoms with Gasteiger partial charge in [-0.3, -0.25) is 4.98 Å². The largest absolute Gasteiger partial charge is 0.495 e. The molecule has 0 saturated heterocycles. The lowest BCUT2D eigenvalue weighted by molar-refractivity contribution is 0.412. The van der Waals surface area contributed by atoms with E-state index in [1.807, 2.05) is 24.3 Å². The van der Waals surface area contributed by atoms with Crippen molar-refractivity contribution in [2.45, 2.75) is 6.04 Å². The maximum atomic E-state index is 6.22. The van der Waals surface area contributed by atoms with Crippen LogP contribution in [0.3, 0.4) is 0 Å². The van der Waals surface area contributed by atoms with E-state index in [9.17, 15) is 0 Å². The molecule has 2 rings (SSSR count). The predicted octanol–water partition coefficient (Wildman–Crippen LogP) is 3.55. The van der Waals surface area contributed by atoms with Gasteiger partial charge in [0.25, 0.3) is 0 Å². The zero-order chi connectivity index (χ0) is 13.1. The molecule has 0 aliphatic carbocycles. The molecule has 1 atom stereocenters. The Labute approximate surface area is 119 Å². The topological polar surface area (TPSA) is 48.1 Å². The minimum absolute atomic E-state index is 0.278. The molecule has 0 aliphatic heterocycles. The third-order valence-electron chi connectivity index (χ3n) is 2.63. The molecule has 18 heavy (non-hydrogen) atoms. The molecule has 0 radical (unpaired) electrons. The summed E-state index contributed by atoms with van der Waals surface area (Å²) in [6, 6.07) is 7.13. The van der Waals surface area contributed by atoms with Gasteiger partial charge in [0.15, 0.2) is 0 Å². The van der Waals surface area contributed by atoms with Crippen LogP contribution < -0.4 is 10.5 Å². The summed E-state index contributed by atoms with van der Waals surface area (Å²) in [4.78, 5) is 4.10. The highest BCUT2D eigenvalue weighted by Crippen LogP contribution is 2.29. The fourth-order valence-corrected chi connectivity index (χ4v) is 2.58. The van der Waals surface area contributed by atoms with E-state index in [2.05, 4.69) is 20.9 Å². The maximum absolute atomic E-state index is 6.22. The van der Waals surface area contributed by atoms with E-state index in [-0.39, 0.29) is 6.04 Å². The monoisotopic (exact) mass is 326 g/mol. The van der Waals surface area contributed by atoms with Crippen molar-refractivity contribution in [1.82, 2.24) is 4.98 Å². The van der Waals surface area contributed by atoms with E-state index in [1.54, 1.807) is 19.5 Å². The Morgan fingerprint density at radius 1 is 1.33 bits per heavy atom. The molecular formula is C13H12BrClN2O. The quantitative estimate of drug-likeness (QED) is 0.938. The summed E-state index contributed by atoms with van der Waals surface area (Å²) in [6.07, 6.45) is 3.38. The van der Waals surface area contributed by atoms with E-state index in [4.69, 9.17) is 22.1 Å². The molecule has 0 fully saturated rings. The predicted molar refractivity (Wildman–Crippen MR) is 76.0 cm³/mol. The molecule has 0 bridgehead atoms. The summed E-state index contributed by atoms with van der Waals surface area (Å²) in [6.45, 7) is 0. The number of methoxy groups -OCH3 is 1. The minimum atomic E-state index is -0.278. The van der Waals surface area contributed by atoms with Crippen LogP contribution in [0.4, 0.5) is 0 Å². The first kappa shape index (κ1) is 13.3. The first-order valence-corrected chi connectivity index (χ1v) is 6.48. The van der Waals surface area contributed by atoms with Crippen LogP contribution in [0.15, 0.2) is 41.1 Å². The van der Waals surface area contributed by atoms with Gasteiger partial charge in [-0.2, -0.15) is 0 Å². The average molecular weight is 328 g/mol. The van der Waals surface area contributed by atoms with Crippen molar-refractivity contribution < 1.29 is 4.74 Å². The number of aromatic nitrogens is 1. The first-order chi connectivity index (χ1) is 8.61. The molecule has 0 saturated carbocycles. The summed E-state index contributed by atoms with van der Waals surface area (Å²) < 4.78 is 6.02. The van der Waals surface area contributed by atoms with Crippen LogP contribution in [0.25, 0.3) is 0 Å². The standard InChI is InChI=1S/C13H12BrClN2O/c1-18-10-4-8(6-17-7-10)13(16)11-3-2-9(15)5-12(11)14/h2-7,13H,16H2,1H3. The fraction of sp³-hybridized carbons (Fsp3) is 0.154. The molecule has 94 valence electrons. The van der Waals surface area contributed by atoms with E-state index in [0.717, 1.165) is 15.6 Å². The number of pyridine rings is 1. The highest BCUT2D eigenvalue weighted by Gasteiger charge is 2.13. The van der Waals surface area contributed by atoms with Crippen LogP contribution in [0.2, 0.25) is 5.02 Å². The van der Waals surface area contributed by atoms with Crippen LogP contribution in [-0.2, 0) is 0 Å². The van der Waals surface area contributed by atoms with Crippen LogP contribution in [-0.4, -0.2) is 12.1 Å². The van der Waals surface area contributed by atoms with Crippen LogP contribution in [0.1, 0.15) is 17.2 Å². The molecule has 3 nitrogen and oxygen atoms in total. The van der Waals surface area contributed by atoms with Gasteiger partial charge in [0.2, 0.25) is 0 Å². The Hall–Kier alpha value is -1.10. The van der Waals surface area contributed by atoms with Crippen molar-refractivity contribution in [2.75, 3.05) is 7.11 Å². The third kappa shape index (κ3) is 2.83. The lowest BCUT2D eigenvalue weighted by Crippen LogP contribution is -2.12. The Morgan fingerprint density at radius 2 is 2.11 bits per heavy atom. The van der Waals surface area contributed by atoms with Gasteiger partial charge >= 0.3 is 0 Å². The Kier molecular flexibility index (Phi) is 4.22. The summed E-state index contributed by atoms with van der Waals surface area (Å²) in [5.74, 6) is 0.688. The van der Waals surface area contributed by atoms with Gasteiger partial charge in [-0.15, -0.1) is 0 Å². The normalized spacial score (nSPS) is 12.2. The molecule has 2 N–H and O–H groups in total. The second kappa shape index (κ2) is 5.69. The smallest absolute Gasteiger partial charge is 0.137 e. The van der Waals surface area contributed by atoms with Crippen molar-refractivity contribution >= 4 is 27.5 Å². The molecular weight excluding hydrogens is 316 g/mol. The van der Waals surface area contributed by atoms with Gasteiger partial charge in [-0.05, 0) is 29.3 Å². The Bertz CT molecular complexity index is 562. The molecule has 2 aromatic rings. The minimum Gasteiger partial charge on any atom is -0.495 e. The zero-order valence-electron chi connectivity index (χ0n) is 9.73. The SMILES string of the molecule is COc1cncc(C(N)c2ccc(Cl)cc2Br)c1. The van der Waals surface area contributed by atoms with Gasteiger partial charge in [-0.1, -0.05) is 33.6 Å². The Balaban J connectivity index is 2.37. The van der Waals surface area contributed by atoms with E-state index < -0.39 is 0 Å². The van der Waals surface area contributed by atoms with E-state index >= 15 is 0 Å². The third-order valence-corrected chi connectivity index (χ3v) is 3.55. The molecule has 1 unspecified atom stereocenters. The van der Waals surface area contributed by atoms with Crippen molar-refractivity contribution in [3.63, 3.8) is 0 Å². The highest BCUT2D eigenvalue weighted by molar-refractivity contribution is 9.10. The van der Waals surface area contributed by atoms with Gasteiger partial charge < -0.3 is 10.5 Å². The lowest BCUT2D eigenvalue weighted by Gasteiger charge is -2.15. The van der Waals surface area contributed by atoms with Gasteiger partial charge in [-0.25, -0.2) is 0 Å². The number of nitrogens with zero attached hydrogens (tertiary/aromatic N) is 1. The molecule has 0 aliphatic rings. The molecule has 0 spiro atoms. The van der Waals surface area contributed by atoms with Crippen molar-refractivity contribution in [3.05, 3.63) is 57.3 Å². The number of hydrogen-bond acceptors (Lipinski definition) is 3. The van der Waals surface area contributed by atoms with Crippen LogP contribution in [0.5, 0.6) is 5.75 Å².